The Morgan fingerprint density at radius 3 is 2.95 bits per heavy atom. The van der Waals surface area contributed by atoms with Crippen LogP contribution in [0.1, 0.15) is 34.1 Å². The number of carbonyl (C=O) groups is 2. The molecule has 1 fully saturated rings. The largest absolute Gasteiger partial charge is 0.491 e. The second-order valence-electron chi connectivity index (χ2n) is 5.15. The van der Waals surface area contributed by atoms with Crippen LogP contribution < -0.4 is 10.1 Å². The predicted molar refractivity (Wildman–Crippen MR) is 72.1 cm³/mol. The zero-order valence-corrected chi connectivity index (χ0v) is 11.3. The molecule has 5 heteroatoms. The van der Waals surface area contributed by atoms with Crippen LogP contribution in [0.25, 0.3) is 0 Å². The van der Waals surface area contributed by atoms with E-state index in [9.17, 15) is 9.59 Å². The Morgan fingerprint density at radius 2 is 2.20 bits per heavy atom. The number of hydrogen-bond acceptors (Lipinski definition) is 4. The van der Waals surface area contributed by atoms with Gasteiger partial charge in [0.2, 0.25) is 0 Å². The highest BCUT2D eigenvalue weighted by Gasteiger charge is 2.32. The molecule has 1 aromatic rings. The molecule has 0 radical (unpaired) electrons. The molecule has 0 aliphatic carbocycles. The predicted octanol–water partition coefficient (Wildman–Crippen LogP) is 1.42. The van der Waals surface area contributed by atoms with Crippen molar-refractivity contribution in [2.24, 2.45) is 5.92 Å². The number of benzene rings is 1. The first kappa shape index (κ1) is 13.1. The molecule has 0 spiro atoms. The normalized spacial score (nSPS) is 25.4. The van der Waals surface area contributed by atoms with Crippen LogP contribution in [0.4, 0.5) is 0 Å². The van der Waals surface area contributed by atoms with Gasteiger partial charge in [-0.25, -0.2) is 0 Å². The van der Waals surface area contributed by atoms with Crippen LogP contribution in [0.3, 0.4) is 0 Å². The molecular formula is C15H17NO4. The van der Waals surface area contributed by atoms with Gasteiger partial charge in [-0.05, 0) is 31.5 Å². The standard InChI is InChI=1S/C15H17NO4/c1-9-11(4-6-19-9)14(17)10-2-3-13-12(8-10)15(18)16-5-7-20-13/h2-3,8-9,11H,4-7H2,1H3,(H,16,18). The first-order valence-corrected chi connectivity index (χ1v) is 6.87. The summed E-state index contributed by atoms with van der Waals surface area (Å²) in [4.78, 5) is 24.4. The number of fused-ring (bicyclic) bond motifs is 1. The molecule has 1 saturated heterocycles. The van der Waals surface area contributed by atoms with Crippen LogP contribution in [0.15, 0.2) is 18.2 Å². The van der Waals surface area contributed by atoms with Gasteiger partial charge in [0, 0.05) is 12.2 Å². The molecule has 2 aliphatic heterocycles. The molecule has 5 nitrogen and oxygen atoms in total. The van der Waals surface area contributed by atoms with Gasteiger partial charge in [-0.3, -0.25) is 9.59 Å². The van der Waals surface area contributed by atoms with Crippen LogP contribution in [0.2, 0.25) is 0 Å². The number of hydrogen-bond donors (Lipinski definition) is 1. The molecule has 1 aromatic carbocycles. The summed E-state index contributed by atoms with van der Waals surface area (Å²) in [5.74, 6) is 0.257. The van der Waals surface area contributed by atoms with E-state index in [1.54, 1.807) is 18.2 Å². The average molecular weight is 275 g/mol. The molecule has 106 valence electrons. The van der Waals surface area contributed by atoms with Crippen LogP contribution in [-0.2, 0) is 4.74 Å². The van der Waals surface area contributed by atoms with E-state index >= 15 is 0 Å². The molecule has 0 bridgehead atoms. The summed E-state index contributed by atoms with van der Waals surface area (Å²) in [6.07, 6.45) is 0.672. The minimum absolute atomic E-state index is 0.0369. The highest BCUT2D eigenvalue weighted by molar-refractivity contribution is 6.03. The maximum atomic E-state index is 12.5. The fourth-order valence-electron chi connectivity index (χ4n) is 2.70. The number of ketones is 1. The smallest absolute Gasteiger partial charge is 0.255 e. The van der Waals surface area contributed by atoms with Gasteiger partial charge in [-0.1, -0.05) is 0 Å². The minimum Gasteiger partial charge on any atom is -0.491 e. The Labute approximate surface area is 117 Å². The molecule has 0 aromatic heterocycles. The third-order valence-corrected chi connectivity index (χ3v) is 3.87. The van der Waals surface area contributed by atoms with Crippen molar-refractivity contribution in [1.29, 1.82) is 0 Å². The van der Waals surface area contributed by atoms with E-state index < -0.39 is 0 Å². The Bertz CT molecular complexity index is 555. The van der Waals surface area contributed by atoms with Gasteiger partial charge >= 0.3 is 0 Å². The zero-order chi connectivity index (χ0) is 14.1. The van der Waals surface area contributed by atoms with Crippen LogP contribution in [-0.4, -0.2) is 37.6 Å². The van der Waals surface area contributed by atoms with Crippen LogP contribution in [0.5, 0.6) is 5.75 Å². The van der Waals surface area contributed by atoms with Crippen LogP contribution >= 0.6 is 0 Å². The molecule has 2 heterocycles. The number of carbonyl (C=O) groups excluding carboxylic acids is 2. The molecule has 1 amide bonds. The quantitative estimate of drug-likeness (QED) is 0.829. The summed E-state index contributed by atoms with van der Waals surface area (Å²) in [5, 5.41) is 2.75. The summed E-state index contributed by atoms with van der Waals surface area (Å²) in [6, 6.07) is 5.06. The number of Topliss-reactive ketones (excluding diaryl/α,β-unsaturated/α-hetero) is 1. The third kappa shape index (κ3) is 2.29. The Kier molecular flexibility index (Phi) is 3.44. The number of ether oxygens (including phenoxy) is 2. The molecule has 0 saturated carbocycles. The van der Waals surface area contributed by atoms with Gasteiger partial charge in [0.15, 0.2) is 5.78 Å². The van der Waals surface area contributed by atoms with Crippen molar-refractivity contribution in [3.05, 3.63) is 29.3 Å². The van der Waals surface area contributed by atoms with Crippen molar-refractivity contribution in [3.8, 4) is 5.75 Å². The lowest BCUT2D eigenvalue weighted by atomic mass is 9.91. The molecule has 1 N–H and O–H groups in total. The van der Waals surface area contributed by atoms with Gasteiger partial charge in [0.1, 0.15) is 12.4 Å². The van der Waals surface area contributed by atoms with Crippen molar-refractivity contribution in [3.63, 3.8) is 0 Å². The molecule has 3 rings (SSSR count). The first-order valence-electron chi connectivity index (χ1n) is 6.87. The van der Waals surface area contributed by atoms with Crippen molar-refractivity contribution < 1.29 is 19.1 Å². The van der Waals surface area contributed by atoms with Gasteiger partial charge in [-0.15, -0.1) is 0 Å². The number of rotatable bonds is 2. The maximum absolute atomic E-state index is 12.5. The van der Waals surface area contributed by atoms with Crippen LogP contribution in [0, 0.1) is 5.92 Å². The molecule has 20 heavy (non-hydrogen) atoms. The van der Waals surface area contributed by atoms with E-state index in [1.807, 2.05) is 6.92 Å². The Balaban J connectivity index is 1.91. The van der Waals surface area contributed by atoms with Crippen molar-refractivity contribution in [2.45, 2.75) is 19.4 Å². The van der Waals surface area contributed by atoms with Gasteiger partial charge in [0.05, 0.1) is 24.1 Å². The second-order valence-corrected chi connectivity index (χ2v) is 5.15. The average Bonchev–Trinajstić information content (AvgIpc) is 2.79. The molecule has 2 atom stereocenters. The van der Waals surface area contributed by atoms with Gasteiger partial charge < -0.3 is 14.8 Å². The van der Waals surface area contributed by atoms with E-state index in [2.05, 4.69) is 5.32 Å². The highest BCUT2D eigenvalue weighted by atomic mass is 16.5. The van der Waals surface area contributed by atoms with E-state index in [-0.39, 0.29) is 23.7 Å². The van der Waals surface area contributed by atoms with E-state index in [0.29, 0.717) is 36.6 Å². The molecule has 2 aliphatic rings. The topological polar surface area (TPSA) is 64.6 Å². The first-order chi connectivity index (χ1) is 9.66. The summed E-state index contributed by atoms with van der Waals surface area (Å²) in [5.41, 5.74) is 0.978. The van der Waals surface area contributed by atoms with E-state index in [0.717, 1.165) is 6.42 Å². The van der Waals surface area contributed by atoms with Crippen molar-refractivity contribution in [2.75, 3.05) is 19.8 Å². The number of nitrogens with one attached hydrogen (secondary N) is 1. The Morgan fingerprint density at radius 1 is 1.35 bits per heavy atom. The SMILES string of the molecule is CC1OCCC1C(=O)c1ccc2c(c1)C(=O)NCCO2. The maximum Gasteiger partial charge on any atom is 0.255 e. The van der Waals surface area contributed by atoms with Crippen molar-refractivity contribution in [1.82, 2.24) is 5.32 Å². The summed E-state index contributed by atoms with van der Waals surface area (Å²) in [6.45, 7) is 3.45. The summed E-state index contributed by atoms with van der Waals surface area (Å²) >= 11 is 0. The van der Waals surface area contributed by atoms with E-state index in [4.69, 9.17) is 9.47 Å². The van der Waals surface area contributed by atoms with E-state index in [1.165, 1.54) is 0 Å². The fourth-order valence-corrected chi connectivity index (χ4v) is 2.70. The fraction of sp³-hybridized carbons (Fsp3) is 0.467. The lowest BCUT2D eigenvalue weighted by molar-refractivity contribution is 0.0764. The second kappa shape index (κ2) is 5.25. The number of amides is 1. The monoisotopic (exact) mass is 275 g/mol. The zero-order valence-electron chi connectivity index (χ0n) is 11.3. The lowest BCUT2D eigenvalue weighted by Gasteiger charge is -2.14. The molecule has 2 unspecified atom stereocenters. The van der Waals surface area contributed by atoms with Gasteiger partial charge in [-0.2, -0.15) is 0 Å². The minimum atomic E-state index is -0.192. The summed E-state index contributed by atoms with van der Waals surface area (Å²) < 4.78 is 10.9. The summed E-state index contributed by atoms with van der Waals surface area (Å²) in [7, 11) is 0. The highest BCUT2D eigenvalue weighted by Crippen LogP contribution is 2.27. The third-order valence-electron chi connectivity index (χ3n) is 3.87. The molecular weight excluding hydrogens is 258 g/mol. The Hall–Kier alpha value is -1.88. The van der Waals surface area contributed by atoms with Gasteiger partial charge in [0.25, 0.3) is 5.91 Å². The van der Waals surface area contributed by atoms with Crippen molar-refractivity contribution >= 4 is 11.7 Å². The lowest BCUT2D eigenvalue weighted by Crippen LogP contribution is -2.25.